The molecule has 1 saturated heterocycles. The fraction of sp³-hybridized carbons (Fsp3) is 1.00. The first kappa shape index (κ1) is 8.93. The molecular formula is C7H16N2O2. The van der Waals surface area contributed by atoms with Crippen molar-refractivity contribution in [3.8, 4) is 0 Å². The van der Waals surface area contributed by atoms with E-state index in [0.717, 1.165) is 6.54 Å². The van der Waals surface area contributed by atoms with Gasteiger partial charge in [-0.2, -0.15) is 0 Å². The first-order chi connectivity index (χ1) is 5.13. The number of hydrogen-bond donors (Lipinski definition) is 3. The second-order valence-corrected chi connectivity index (χ2v) is 3.25. The third-order valence-electron chi connectivity index (χ3n) is 2.16. The summed E-state index contributed by atoms with van der Waals surface area (Å²) in [6.45, 7) is 1.23. The number of β-amino-alcohol motifs (C(OH)–C–C–N with tert-alkyl or cyclic N) is 1. The molecule has 66 valence electrons. The molecular weight excluding hydrogens is 144 g/mol. The normalized spacial score (nSPS) is 39.5. The number of piperidine rings is 1. The fourth-order valence-electron chi connectivity index (χ4n) is 1.37. The molecule has 0 saturated carbocycles. The van der Waals surface area contributed by atoms with Gasteiger partial charge in [-0.3, -0.25) is 0 Å². The molecule has 4 heteroatoms. The zero-order valence-electron chi connectivity index (χ0n) is 6.99. The Labute approximate surface area is 66.8 Å². The van der Waals surface area contributed by atoms with Gasteiger partial charge < -0.3 is 20.4 Å². The first-order valence-corrected chi connectivity index (χ1v) is 3.86. The van der Waals surface area contributed by atoms with Crippen molar-refractivity contribution in [3.05, 3.63) is 0 Å². The van der Waals surface area contributed by atoms with Gasteiger partial charge in [0, 0.05) is 13.1 Å². The lowest BCUT2D eigenvalue weighted by Crippen LogP contribution is -2.58. The third kappa shape index (κ3) is 1.90. The zero-order chi connectivity index (χ0) is 8.43. The van der Waals surface area contributed by atoms with Crippen molar-refractivity contribution in [1.29, 1.82) is 0 Å². The Balaban J connectivity index is 2.51. The molecule has 11 heavy (non-hydrogen) atoms. The molecule has 0 aliphatic carbocycles. The molecule has 0 unspecified atom stereocenters. The molecule has 4 nitrogen and oxygen atoms in total. The van der Waals surface area contributed by atoms with Gasteiger partial charge >= 0.3 is 0 Å². The topological polar surface area (TPSA) is 55.7 Å². The number of aliphatic hydroxyl groups is 2. The van der Waals surface area contributed by atoms with Crippen LogP contribution in [0.15, 0.2) is 0 Å². The van der Waals surface area contributed by atoms with Gasteiger partial charge in [0.15, 0.2) is 0 Å². The van der Waals surface area contributed by atoms with Gasteiger partial charge in [0.05, 0.1) is 18.2 Å². The second kappa shape index (κ2) is 3.49. The van der Waals surface area contributed by atoms with Crippen molar-refractivity contribution < 1.29 is 10.2 Å². The van der Waals surface area contributed by atoms with E-state index in [4.69, 9.17) is 0 Å². The summed E-state index contributed by atoms with van der Waals surface area (Å²) in [6.07, 6.45) is -1.25. The smallest absolute Gasteiger partial charge is 0.0978 e. The molecule has 1 heterocycles. The van der Waals surface area contributed by atoms with Gasteiger partial charge in [0.1, 0.15) is 0 Å². The van der Waals surface area contributed by atoms with Crippen LogP contribution in [-0.2, 0) is 0 Å². The molecule has 0 aromatic carbocycles. The van der Waals surface area contributed by atoms with Crippen molar-refractivity contribution in [1.82, 2.24) is 10.2 Å². The number of likely N-dealkylation sites (N-methyl/N-ethyl adjacent to an activating group) is 1. The number of hydrogen-bond acceptors (Lipinski definition) is 4. The molecule has 3 atom stereocenters. The minimum atomic E-state index is -0.629. The van der Waals surface area contributed by atoms with Crippen LogP contribution in [0.2, 0.25) is 0 Å². The Morgan fingerprint density at radius 1 is 1.27 bits per heavy atom. The van der Waals surface area contributed by atoms with E-state index in [0.29, 0.717) is 6.54 Å². The third-order valence-corrected chi connectivity index (χ3v) is 2.16. The van der Waals surface area contributed by atoms with Crippen LogP contribution in [0.3, 0.4) is 0 Å². The maximum Gasteiger partial charge on any atom is 0.0978 e. The minimum Gasteiger partial charge on any atom is -0.389 e. The highest BCUT2D eigenvalue weighted by Gasteiger charge is 2.31. The SMILES string of the molecule is CN(C)[C@H]1CNC[C@H](O)[C@@H]1O. The van der Waals surface area contributed by atoms with Crippen molar-refractivity contribution in [2.75, 3.05) is 27.2 Å². The van der Waals surface area contributed by atoms with Gasteiger partial charge in [-0.15, -0.1) is 0 Å². The summed E-state index contributed by atoms with van der Waals surface area (Å²) < 4.78 is 0. The van der Waals surface area contributed by atoms with Crippen LogP contribution in [0.1, 0.15) is 0 Å². The zero-order valence-corrected chi connectivity index (χ0v) is 6.99. The van der Waals surface area contributed by atoms with E-state index in [9.17, 15) is 10.2 Å². The van der Waals surface area contributed by atoms with E-state index < -0.39 is 12.2 Å². The lowest BCUT2D eigenvalue weighted by molar-refractivity contribution is -0.0443. The van der Waals surface area contributed by atoms with Crippen LogP contribution in [0.25, 0.3) is 0 Å². The van der Waals surface area contributed by atoms with Crippen LogP contribution < -0.4 is 5.32 Å². The Kier molecular flexibility index (Phi) is 2.84. The molecule has 0 radical (unpaired) electrons. The molecule has 3 N–H and O–H groups in total. The largest absolute Gasteiger partial charge is 0.389 e. The molecule has 1 fully saturated rings. The van der Waals surface area contributed by atoms with Gasteiger partial charge in [-0.05, 0) is 14.1 Å². The van der Waals surface area contributed by atoms with E-state index in [1.54, 1.807) is 0 Å². The van der Waals surface area contributed by atoms with Crippen molar-refractivity contribution in [3.63, 3.8) is 0 Å². The maximum absolute atomic E-state index is 9.48. The quantitative estimate of drug-likeness (QED) is 0.425. The summed E-state index contributed by atoms with van der Waals surface area (Å²) in [7, 11) is 3.79. The van der Waals surface area contributed by atoms with Crippen molar-refractivity contribution in [2.24, 2.45) is 0 Å². The number of rotatable bonds is 1. The van der Waals surface area contributed by atoms with Crippen LogP contribution in [0.4, 0.5) is 0 Å². The highest BCUT2D eigenvalue weighted by molar-refractivity contribution is 4.88. The Hall–Kier alpha value is -0.160. The van der Waals surface area contributed by atoms with Gasteiger partial charge in [0.25, 0.3) is 0 Å². The molecule has 0 amide bonds. The summed E-state index contributed by atoms with van der Waals surface area (Å²) in [5.74, 6) is 0. The summed E-state index contributed by atoms with van der Waals surface area (Å²) >= 11 is 0. The standard InChI is InChI=1S/C7H16N2O2/c1-9(2)5-3-8-4-6(10)7(5)11/h5-8,10-11H,3-4H2,1-2H3/t5-,6-,7+/m0/s1. The van der Waals surface area contributed by atoms with Crippen LogP contribution in [-0.4, -0.2) is 60.5 Å². The van der Waals surface area contributed by atoms with Crippen molar-refractivity contribution >= 4 is 0 Å². The van der Waals surface area contributed by atoms with E-state index in [-0.39, 0.29) is 6.04 Å². The average molecular weight is 160 g/mol. The highest BCUT2D eigenvalue weighted by Crippen LogP contribution is 2.08. The Morgan fingerprint density at radius 3 is 2.36 bits per heavy atom. The monoisotopic (exact) mass is 160 g/mol. The molecule has 1 aliphatic heterocycles. The van der Waals surface area contributed by atoms with E-state index in [1.165, 1.54) is 0 Å². The number of nitrogens with one attached hydrogen (secondary N) is 1. The number of aliphatic hydroxyl groups excluding tert-OH is 2. The molecule has 0 spiro atoms. The molecule has 0 aromatic heterocycles. The van der Waals surface area contributed by atoms with Crippen LogP contribution in [0, 0.1) is 0 Å². The average Bonchev–Trinajstić information content (AvgIpc) is 1.94. The number of nitrogens with zero attached hydrogens (tertiary/aromatic N) is 1. The highest BCUT2D eigenvalue weighted by atomic mass is 16.3. The second-order valence-electron chi connectivity index (χ2n) is 3.25. The minimum absolute atomic E-state index is 0.0266. The van der Waals surface area contributed by atoms with Crippen LogP contribution in [0.5, 0.6) is 0 Å². The van der Waals surface area contributed by atoms with Gasteiger partial charge in [-0.25, -0.2) is 0 Å². The molecule has 0 aromatic rings. The fourth-order valence-corrected chi connectivity index (χ4v) is 1.37. The Bertz CT molecular complexity index is 130. The molecule has 1 aliphatic rings. The lowest BCUT2D eigenvalue weighted by Gasteiger charge is -2.36. The van der Waals surface area contributed by atoms with Crippen molar-refractivity contribution in [2.45, 2.75) is 18.2 Å². The Morgan fingerprint density at radius 2 is 1.91 bits per heavy atom. The van der Waals surface area contributed by atoms with Gasteiger partial charge in [0.2, 0.25) is 0 Å². The summed E-state index contributed by atoms with van der Waals surface area (Å²) in [5, 5.41) is 21.8. The molecule has 0 bridgehead atoms. The maximum atomic E-state index is 9.48. The summed E-state index contributed by atoms with van der Waals surface area (Å²) in [4.78, 5) is 1.92. The predicted octanol–water partition coefficient (Wildman–Crippen LogP) is -1.76. The van der Waals surface area contributed by atoms with E-state index in [1.807, 2.05) is 19.0 Å². The van der Waals surface area contributed by atoms with E-state index >= 15 is 0 Å². The van der Waals surface area contributed by atoms with Gasteiger partial charge in [-0.1, -0.05) is 0 Å². The lowest BCUT2D eigenvalue weighted by atomic mass is 10.0. The summed E-state index contributed by atoms with van der Waals surface area (Å²) in [5.41, 5.74) is 0. The first-order valence-electron chi connectivity index (χ1n) is 3.86. The predicted molar refractivity (Wildman–Crippen MR) is 42.4 cm³/mol. The molecule has 1 rings (SSSR count). The van der Waals surface area contributed by atoms with E-state index in [2.05, 4.69) is 5.32 Å². The van der Waals surface area contributed by atoms with Crippen LogP contribution >= 0.6 is 0 Å². The summed E-state index contributed by atoms with van der Waals surface area (Å²) in [6, 6.07) is 0.0266.